The predicted octanol–water partition coefficient (Wildman–Crippen LogP) is 4.31. The van der Waals surface area contributed by atoms with Crippen molar-refractivity contribution in [1.82, 2.24) is 4.90 Å². The number of benzene rings is 2. The zero-order chi connectivity index (χ0) is 25.5. The van der Waals surface area contributed by atoms with Crippen molar-refractivity contribution in [3.8, 4) is 0 Å². The molecule has 2 unspecified atom stereocenters. The molecule has 2 amide bonds. The Morgan fingerprint density at radius 2 is 1.74 bits per heavy atom. The van der Waals surface area contributed by atoms with Crippen molar-refractivity contribution in [1.29, 1.82) is 0 Å². The number of halogens is 4. The number of nitrogens with zero attached hydrogens (tertiary/aromatic N) is 1. The van der Waals surface area contributed by atoms with Gasteiger partial charge < -0.3 is 10.2 Å². The highest BCUT2D eigenvalue weighted by atomic mass is 32.2. The second kappa shape index (κ2) is 9.01. The summed E-state index contributed by atoms with van der Waals surface area (Å²) in [5, 5.41) is 2.60. The third-order valence-corrected chi connectivity index (χ3v) is 7.26. The number of rotatable bonds is 6. The molecule has 0 aliphatic carbocycles. The van der Waals surface area contributed by atoms with Gasteiger partial charge in [-0.25, -0.2) is 8.42 Å². The minimum atomic E-state index is -4.66. The van der Waals surface area contributed by atoms with Gasteiger partial charge in [0.2, 0.25) is 5.91 Å². The van der Waals surface area contributed by atoms with E-state index in [0.717, 1.165) is 13.2 Å². The molecular formula is C23H24F4N2O4S. The molecule has 2 aromatic carbocycles. The molecule has 6 nitrogen and oxygen atoms in total. The van der Waals surface area contributed by atoms with Gasteiger partial charge in [-0.2, -0.15) is 13.2 Å². The quantitative estimate of drug-likeness (QED) is 0.600. The molecule has 1 heterocycles. The first-order valence-corrected chi connectivity index (χ1v) is 12.2. The number of alkyl halides is 4. The minimum Gasteiger partial charge on any atom is -0.324 e. The predicted molar refractivity (Wildman–Crippen MR) is 118 cm³/mol. The molecule has 0 spiro atoms. The number of carbonyl (C=O) groups excluding carboxylic acids is 2. The van der Waals surface area contributed by atoms with Gasteiger partial charge in [0.25, 0.3) is 5.91 Å². The van der Waals surface area contributed by atoms with Crippen molar-refractivity contribution >= 4 is 27.3 Å². The Morgan fingerprint density at radius 3 is 2.24 bits per heavy atom. The summed E-state index contributed by atoms with van der Waals surface area (Å²) in [6, 6.07) is 8.17. The second-order valence-corrected chi connectivity index (χ2v) is 10.5. The second-order valence-electron chi connectivity index (χ2n) is 8.52. The fraction of sp³-hybridized carbons (Fsp3) is 0.391. The van der Waals surface area contributed by atoms with Gasteiger partial charge in [0, 0.05) is 25.4 Å². The highest BCUT2D eigenvalue weighted by Crippen LogP contribution is 2.44. The van der Waals surface area contributed by atoms with E-state index in [1.807, 2.05) is 0 Å². The van der Waals surface area contributed by atoms with Gasteiger partial charge in [0.15, 0.2) is 9.84 Å². The maximum atomic E-state index is 13.5. The summed E-state index contributed by atoms with van der Waals surface area (Å²) in [5.74, 6) is -1.00. The smallest absolute Gasteiger partial charge is 0.324 e. The fourth-order valence-corrected chi connectivity index (χ4v) is 4.68. The Morgan fingerprint density at radius 1 is 1.12 bits per heavy atom. The lowest BCUT2D eigenvalue weighted by molar-refractivity contribution is -0.188. The van der Waals surface area contributed by atoms with Crippen LogP contribution in [0.3, 0.4) is 0 Å². The van der Waals surface area contributed by atoms with Crippen molar-refractivity contribution < 1.29 is 35.6 Å². The van der Waals surface area contributed by atoms with Gasteiger partial charge in [-0.05, 0) is 54.3 Å². The largest absolute Gasteiger partial charge is 0.398 e. The number of carbonyl (C=O) groups is 2. The SMILES string of the molecule is CC(=O)N1Cc2cc(S(C)(=O)=O)ccc2C1C(=O)Nc1ccc(C(C)(CCF)C(F)(F)F)cc1. The van der Waals surface area contributed by atoms with Crippen LogP contribution in [0.25, 0.3) is 0 Å². The average Bonchev–Trinajstić information content (AvgIpc) is 3.12. The van der Waals surface area contributed by atoms with E-state index in [2.05, 4.69) is 5.32 Å². The summed E-state index contributed by atoms with van der Waals surface area (Å²) >= 11 is 0. The Hall–Kier alpha value is -2.95. The molecule has 0 radical (unpaired) electrons. The van der Waals surface area contributed by atoms with Crippen molar-refractivity contribution in [2.75, 3.05) is 18.2 Å². The molecule has 0 saturated heterocycles. The molecule has 184 valence electrons. The van der Waals surface area contributed by atoms with Crippen LogP contribution in [0.15, 0.2) is 47.4 Å². The molecule has 0 bridgehead atoms. The first kappa shape index (κ1) is 25.7. The van der Waals surface area contributed by atoms with E-state index in [0.29, 0.717) is 11.1 Å². The molecule has 0 aromatic heterocycles. The highest BCUT2D eigenvalue weighted by molar-refractivity contribution is 7.90. The summed E-state index contributed by atoms with van der Waals surface area (Å²) in [4.78, 5) is 26.6. The number of nitrogens with one attached hydrogen (secondary N) is 1. The molecule has 1 aliphatic rings. The third-order valence-electron chi connectivity index (χ3n) is 6.15. The van der Waals surface area contributed by atoms with Crippen LogP contribution in [0.2, 0.25) is 0 Å². The first-order valence-electron chi connectivity index (χ1n) is 10.3. The van der Waals surface area contributed by atoms with Crippen LogP contribution in [0, 0.1) is 0 Å². The molecule has 1 aliphatic heterocycles. The summed E-state index contributed by atoms with van der Waals surface area (Å²) in [7, 11) is -3.49. The number of sulfone groups is 1. The standard InChI is InChI=1S/C23H24F4N2O4S/c1-14(30)29-13-15-12-18(34(3,32)33)8-9-19(15)20(29)21(31)28-17-6-4-16(5-7-17)22(2,10-11-24)23(25,26)27/h4-9,12,20H,10-11,13H2,1-3H3,(H,28,31). The lowest BCUT2D eigenvalue weighted by atomic mass is 9.79. The molecule has 2 atom stereocenters. The van der Waals surface area contributed by atoms with Crippen LogP contribution < -0.4 is 5.32 Å². The van der Waals surface area contributed by atoms with Crippen LogP contribution in [0.5, 0.6) is 0 Å². The number of anilines is 1. The average molecular weight is 501 g/mol. The zero-order valence-corrected chi connectivity index (χ0v) is 19.6. The number of fused-ring (bicyclic) bond motifs is 1. The van der Waals surface area contributed by atoms with E-state index < -0.39 is 52.4 Å². The summed E-state index contributed by atoms with van der Waals surface area (Å²) in [5.41, 5.74) is -1.34. The molecule has 2 aromatic rings. The zero-order valence-electron chi connectivity index (χ0n) is 18.7. The minimum absolute atomic E-state index is 0.0399. The molecular weight excluding hydrogens is 476 g/mol. The highest BCUT2D eigenvalue weighted by Gasteiger charge is 2.51. The van der Waals surface area contributed by atoms with E-state index in [1.54, 1.807) is 0 Å². The topological polar surface area (TPSA) is 83.6 Å². The van der Waals surface area contributed by atoms with Gasteiger partial charge in [-0.3, -0.25) is 14.0 Å². The van der Waals surface area contributed by atoms with Crippen LogP contribution in [0.1, 0.15) is 43.0 Å². The number of amides is 2. The summed E-state index contributed by atoms with van der Waals surface area (Å²) < 4.78 is 77.2. The summed E-state index contributed by atoms with van der Waals surface area (Å²) in [6.45, 7) is 1.10. The van der Waals surface area contributed by atoms with Gasteiger partial charge in [0.05, 0.1) is 17.0 Å². The molecule has 11 heteroatoms. The van der Waals surface area contributed by atoms with Crippen LogP contribution >= 0.6 is 0 Å². The van der Waals surface area contributed by atoms with E-state index in [1.165, 1.54) is 54.3 Å². The molecule has 0 fully saturated rings. The van der Waals surface area contributed by atoms with Crippen molar-refractivity contribution in [2.24, 2.45) is 0 Å². The normalized spacial score (nSPS) is 17.7. The molecule has 0 saturated carbocycles. The van der Waals surface area contributed by atoms with E-state index in [9.17, 15) is 35.6 Å². The maximum absolute atomic E-state index is 13.5. The Kier molecular flexibility index (Phi) is 6.80. The Labute approximate surface area is 194 Å². The molecule has 34 heavy (non-hydrogen) atoms. The lowest BCUT2D eigenvalue weighted by Gasteiger charge is -2.32. The van der Waals surface area contributed by atoms with E-state index in [-0.39, 0.29) is 22.7 Å². The lowest BCUT2D eigenvalue weighted by Crippen LogP contribution is -2.40. The number of hydrogen-bond donors (Lipinski definition) is 1. The molecule has 1 N–H and O–H groups in total. The van der Waals surface area contributed by atoms with E-state index in [4.69, 9.17) is 0 Å². The van der Waals surface area contributed by atoms with Crippen molar-refractivity contribution in [2.45, 2.75) is 49.3 Å². The monoisotopic (exact) mass is 500 g/mol. The first-order chi connectivity index (χ1) is 15.7. The Balaban J connectivity index is 1.88. The summed E-state index contributed by atoms with van der Waals surface area (Å²) in [6.07, 6.45) is -4.34. The van der Waals surface area contributed by atoms with Crippen LogP contribution in [0.4, 0.5) is 23.2 Å². The van der Waals surface area contributed by atoms with Gasteiger partial charge >= 0.3 is 6.18 Å². The Bertz CT molecular complexity index is 1210. The third kappa shape index (κ3) is 4.79. The van der Waals surface area contributed by atoms with Crippen molar-refractivity contribution in [3.63, 3.8) is 0 Å². The van der Waals surface area contributed by atoms with Crippen LogP contribution in [-0.4, -0.2) is 44.2 Å². The fourth-order valence-electron chi connectivity index (χ4n) is 4.01. The number of hydrogen-bond acceptors (Lipinski definition) is 4. The maximum Gasteiger partial charge on any atom is 0.398 e. The van der Waals surface area contributed by atoms with Gasteiger partial charge in [0.1, 0.15) is 6.04 Å². The van der Waals surface area contributed by atoms with Crippen molar-refractivity contribution in [3.05, 3.63) is 59.2 Å². The van der Waals surface area contributed by atoms with E-state index >= 15 is 0 Å². The van der Waals surface area contributed by atoms with Gasteiger partial charge in [-0.15, -0.1) is 0 Å². The van der Waals surface area contributed by atoms with Crippen LogP contribution in [-0.2, 0) is 31.4 Å². The molecule has 3 rings (SSSR count). The van der Waals surface area contributed by atoms with Gasteiger partial charge in [-0.1, -0.05) is 18.2 Å².